The molecule has 0 amide bonds. The van der Waals surface area contributed by atoms with Crippen LogP contribution in [0.1, 0.15) is 71.1 Å². The highest BCUT2D eigenvalue weighted by molar-refractivity contribution is 6.85. The molecule has 0 bridgehead atoms. The number of rotatable bonds is 47. The molecule has 0 aliphatic rings. The van der Waals surface area contributed by atoms with Crippen molar-refractivity contribution in [2.45, 2.75) is 167 Å². The van der Waals surface area contributed by atoms with E-state index in [1.54, 1.807) is 6.92 Å². The molecule has 0 aliphatic heterocycles. The van der Waals surface area contributed by atoms with Crippen molar-refractivity contribution in [1.82, 2.24) is 0 Å². The fourth-order valence-corrected chi connectivity index (χ4v) is 28.8. The molecule has 0 atom stereocenters. The molecule has 0 saturated heterocycles. The minimum absolute atomic E-state index is 0.305. The van der Waals surface area contributed by atoms with Crippen LogP contribution < -0.4 is 0 Å². The monoisotopic (exact) mass is 1120 g/mol. The lowest BCUT2D eigenvalue weighted by atomic mass is 10.2. The van der Waals surface area contributed by atoms with Gasteiger partial charge in [-0.15, -0.1) is 0 Å². The van der Waals surface area contributed by atoms with Crippen LogP contribution in [0.25, 0.3) is 0 Å². The van der Waals surface area contributed by atoms with Crippen molar-refractivity contribution in [2.24, 2.45) is 0 Å². The fourth-order valence-electron chi connectivity index (χ4n) is 9.26. The maximum absolute atomic E-state index is 11.8. The van der Waals surface area contributed by atoms with Gasteiger partial charge in [-0.05, 0) is 161 Å². The van der Waals surface area contributed by atoms with Crippen molar-refractivity contribution >= 4 is 53.5 Å². The Hall–Kier alpha value is -0.856. The summed E-state index contributed by atoms with van der Waals surface area (Å²) in [7, 11) is 9.54. The number of likely N-dealkylation sites (N-methyl/N-ethyl adjacent to an activating group) is 3. The standard InChI is InChI=1S/C55H122N4O9Si5/c1-22-54(60)64-45-38-58(8,9)36-26-32-49-71(16,17)67-70(14,15)48-30-24-34-56(4,5)33-23-27-41-63-47-52-69(12,13)66-43-29-28-42-62-44-37-57(6,7)35-25-31-50-72(18,19)68-73(20,21)51-40-59(10,11)39-46-65-55(61)53(2)3/h22H,1-2,23-52H2,3-21H3/q+4. The third-order valence-corrected chi connectivity index (χ3v) is 31.7. The summed E-state index contributed by atoms with van der Waals surface area (Å²) in [4.78, 5) is 23.1. The number of nitrogens with zero attached hydrogens (tertiary/aromatic N) is 4. The van der Waals surface area contributed by atoms with Crippen LogP contribution in [-0.4, -0.2) is 226 Å². The van der Waals surface area contributed by atoms with Gasteiger partial charge in [0.15, 0.2) is 41.6 Å². The molecule has 0 saturated carbocycles. The third kappa shape index (κ3) is 41.9. The molecule has 0 aromatic carbocycles. The van der Waals surface area contributed by atoms with E-state index in [0.717, 1.165) is 122 Å². The van der Waals surface area contributed by atoms with Gasteiger partial charge in [0.25, 0.3) is 0 Å². The number of ether oxygens (including phenoxy) is 4. The van der Waals surface area contributed by atoms with Crippen molar-refractivity contribution in [2.75, 3.05) is 155 Å². The van der Waals surface area contributed by atoms with Gasteiger partial charge in [0, 0.05) is 44.1 Å². The summed E-state index contributed by atoms with van der Waals surface area (Å²) in [6.45, 7) is 45.9. The molecule has 0 heterocycles. The van der Waals surface area contributed by atoms with Crippen LogP contribution >= 0.6 is 0 Å². The van der Waals surface area contributed by atoms with E-state index < -0.39 is 41.6 Å². The van der Waals surface area contributed by atoms with Gasteiger partial charge in [0.1, 0.15) is 32.8 Å². The Morgan fingerprint density at radius 2 is 0.753 bits per heavy atom. The zero-order valence-electron chi connectivity index (χ0n) is 51.7. The van der Waals surface area contributed by atoms with Crippen molar-refractivity contribution in [3.8, 4) is 0 Å². The number of esters is 2. The van der Waals surface area contributed by atoms with E-state index in [0.29, 0.717) is 18.8 Å². The number of carbonyl (C=O) groups excluding carboxylic acids is 2. The highest BCUT2D eigenvalue weighted by Crippen LogP contribution is 2.27. The predicted octanol–water partition coefficient (Wildman–Crippen LogP) is 11.1. The van der Waals surface area contributed by atoms with E-state index >= 15 is 0 Å². The van der Waals surface area contributed by atoms with Crippen LogP contribution in [0.15, 0.2) is 24.8 Å². The second-order valence-corrected chi connectivity index (χ2v) is 49.2. The lowest BCUT2D eigenvalue weighted by Crippen LogP contribution is -2.50. The molecule has 13 nitrogen and oxygen atoms in total. The van der Waals surface area contributed by atoms with Crippen molar-refractivity contribution in [3.63, 3.8) is 0 Å². The Labute approximate surface area is 457 Å². The van der Waals surface area contributed by atoms with Crippen molar-refractivity contribution in [1.29, 1.82) is 0 Å². The first-order chi connectivity index (χ1) is 33.4. The highest BCUT2D eigenvalue weighted by Gasteiger charge is 2.35. The second kappa shape index (κ2) is 34.9. The summed E-state index contributed by atoms with van der Waals surface area (Å²) in [5, 5.41) is 0. The van der Waals surface area contributed by atoms with E-state index in [4.69, 9.17) is 31.6 Å². The van der Waals surface area contributed by atoms with Gasteiger partial charge < -0.3 is 49.5 Å². The van der Waals surface area contributed by atoms with E-state index in [2.05, 4.69) is 135 Å². The zero-order valence-corrected chi connectivity index (χ0v) is 56.7. The quantitative estimate of drug-likeness (QED) is 0.0194. The smallest absolute Gasteiger partial charge is 0.333 e. The first kappa shape index (κ1) is 72.1. The summed E-state index contributed by atoms with van der Waals surface area (Å²) in [5.74, 6) is -0.647. The Bertz CT molecular complexity index is 1560. The highest BCUT2D eigenvalue weighted by atomic mass is 28.4. The summed E-state index contributed by atoms with van der Waals surface area (Å²) in [6, 6.07) is 5.78. The predicted molar refractivity (Wildman–Crippen MR) is 322 cm³/mol. The zero-order chi connectivity index (χ0) is 56.1. The van der Waals surface area contributed by atoms with Crippen LogP contribution in [0.2, 0.25) is 95.7 Å². The summed E-state index contributed by atoms with van der Waals surface area (Å²) < 4.78 is 46.9. The van der Waals surface area contributed by atoms with Crippen LogP contribution in [0.3, 0.4) is 0 Å². The average Bonchev–Trinajstić information content (AvgIpc) is 3.24. The summed E-state index contributed by atoms with van der Waals surface area (Å²) in [6.07, 6.45) is 12.9. The average molecular weight is 1120 g/mol. The molecule has 0 N–H and O–H groups in total. The molecule has 0 spiro atoms. The van der Waals surface area contributed by atoms with Crippen molar-refractivity contribution < 1.29 is 59.1 Å². The Morgan fingerprint density at radius 1 is 0.397 bits per heavy atom. The van der Waals surface area contributed by atoms with Crippen LogP contribution in [0.4, 0.5) is 0 Å². The number of hydrogen-bond acceptors (Lipinski definition) is 9. The second-order valence-electron chi connectivity index (χ2n) is 27.2. The Morgan fingerprint density at radius 3 is 1.21 bits per heavy atom. The first-order valence-electron chi connectivity index (χ1n) is 28.5. The van der Waals surface area contributed by atoms with Gasteiger partial charge in [-0.25, -0.2) is 9.59 Å². The largest absolute Gasteiger partial charge is 0.457 e. The maximum atomic E-state index is 11.8. The summed E-state index contributed by atoms with van der Waals surface area (Å²) in [5.41, 5.74) is 0.450. The van der Waals surface area contributed by atoms with Gasteiger partial charge in [-0.3, -0.25) is 0 Å². The lowest BCUT2D eigenvalue weighted by molar-refractivity contribution is -0.890. The molecular formula is C55H122N4O9Si5+4. The van der Waals surface area contributed by atoms with Gasteiger partial charge in [0.05, 0.1) is 95.7 Å². The SMILES string of the molecule is C=CC(=O)OCC[N+](C)(C)CCCC[Si](C)(C)O[Si](C)(C)CCCC[N+](C)(C)CCCCOCC[Si](C)(C)OCCCCOCC[N+](C)(C)CCCC[Si](C)(C)O[Si](C)(C)CC[N+](C)(C)CCOC(=O)C(=C)C. The van der Waals surface area contributed by atoms with Gasteiger partial charge >= 0.3 is 11.9 Å². The van der Waals surface area contributed by atoms with Crippen LogP contribution in [0, 0.1) is 0 Å². The molecule has 0 radical (unpaired) electrons. The maximum Gasteiger partial charge on any atom is 0.333 e. The van der Waals surface area contributed by atoms with E-state index in [-0.39, 0.29) is 11.9 Å². The van der Waals surface area contributed by atoms with Crippen molar-refractivity contribution in [3.05, 3.63) is 24.8 Å². The lowest BCUT2D eigenvalue weighted by Gasteiger charge is -2.37. The number of hydrogen-bond donors (Lipinski definition) is 0. The number of unbranched alkanes of at least 4 members (excludes halogenated alkanes) is 5. The molecule has 0 unspecified atom stereocenters. The third-order valence-electron chi connectivity index (χ3n) is 14.4. The molecule has 0 aromatic heterocycles. The Kier molecular flexibility index (Phi) is 34.5. The van der Waals surface area contributed by atoms with E-state index in [1.807, 2.05) is 0 Å². The molecule has 73 heavy (non-hydrogen) atoms. The molecular weight excluding hydrogens is 1000 g/mol. The van der Waals surface area contributed by atoms with Crippen LogP contribution in [-0.2, 0) is 41.2 Å². The van der Waals surface area contributed by atoms with Gasteiger partial charge in [-0.2, -0.15) is 0 Å². The molecule has 432 valence electrons. The summed E-state index contributed by atoms with van der Waals surface area (Å²) >= 11 is 0. The fraction of sp³-hybridized carbons (Fsp3) is 0.891. The van der Waals surface area contributed by atoms with Crippen LogP contribution in [0.5, 0.6) is 0 Å². The minimum Gasteiger partial charge on any atom is -0.457 e. The molecule has 0 rings (SSSR count). The molecule has 0 aliphatic carbocycles. The molecule has 0 fully saturated rings. The van der Waals surface area contributed by atoms with E-state index in [9.17, 15) is 9.59 Å². The van der Waals surface area contributed by atoms with Gasteiger partial charge in [0.2, 0.25) is 0 Å². The minimum atomic E-state index is -1.82. The Balaban J connectivity index is 4.13. The van der Waals surface area contributed by atoms with E-state index in [1.165, 1.54) is 82.2 Å². The first-order valence-corrected chi connectivity index (χ1v) is 44.1. The molecule has 18 heteroatoms. The topological polar surface area (TPSA) is 98.8 Å². The normalized spacial score (nSPS) is 13.6. The number of carbonyl (C=O) groups is 2. The van der Waals surface area contributed by atoms with Gasteiger partial charge in [-0.1, -0.05) is 13.2 Å². The number of quaternary nitrogens is 4. The molecule has 0 aromatic rings.